The SMILES string of the molecule is COc1cnc2c(ccn2SP(I)I)c1C(=O)[C@@H]1CNCC[C@@H]1C. The third-order valence-corrected chi connectivity index (χ3v) is 9.09. The van der Waals surface area contributed by atoms with Crippen LogP contribution in [0.4, 0.5) is 0 Å². The number of ketones is 1. The van der Waals surface area contributed by atoms with Crippen molar-refractivity contribution in [1.29, 1.82) is 0 Å². The van der Waals surface area contributed by atoms with Crippen molar-refractivity contribution in [3.8, 4) is 5.75 Å². The summed E-state index contributed by atoms with van der Waals surface area (Å²) in [6.45, 7) is 3.87. The van der Waals surface area contributed by atoms with Crippen LogP contribution < -0.4 is 10.1 Å². The van der Waals surface area contributed by atoms with E-state index in [0.717, 1.165) is 30.5 Å². The highest BCUT2D eigenvalue weighted by Gasteiger charge is 2.32. The molecule has 2 aromatic rings. The first-order chi connectivity index (χ1) is 11.5. The van der Waals surface area contributed by atoms with E-state index in [2.05, 4.69) is 65.3 Å². The number of nitrogens with one attached hydrogen (secondary N) is 1. The number of ether oxygens (including phenoxy) is 1. The number of carbonyl (C=O) groups is 1. The van der Waals surface area contributed by atoms with E-state index < -0.39 is 0 Å². The molecule has 5 nitrogen and oxygen atoms in total. The van der Waals surface area contributed by atoms with Crippen molar-refractivity contribution < 1.29 is 9.53 Å². The fraction of sp³-hybridized carbons (Fsp3) is 0.467. The Morgan fingerprint density at radius 1 is 1.54 bits per heavy atom. The Balaban J connectivity index is 2.07. The molecular weight excluding hydrogens is 571 g/mol. The quantitative estimate of drug-likeness (QED) is 0.300. The Hall–Kier alpha value is 0.360. The molecule has 0 spiro atoms. The molecule has 2 aromatic heterocycles. The minimum atomic E-state index is -0.226. The Kier molecular flexibility index (Phi) is 6.67. The summed E-state index contributed by atoms with van der Waals surface area (Å²) in [5, 5.41) is 4.23. The standard InChI is InChI=1S/C15H18I2N3O2PS/c1-9-3-5-18-7-11(9)14(21)13-10-4-6-20(24-23(16)17)15(10)19-8-12(13)22-2/h4,6,8-9,11,18H,3,5,7H2,1-2H3/t9-,11+/m0/s1. The van der Waals surface area contributed by atoms with E-state index in [9.17, 15) is 4.79 Å². The summed E-state index contributed by atoms with van der Waals surface area (Å²) in [6, 6.07) is 1.98. The highest BCUT2D eigenvalue weighted by molar-refractivity contribution is 14.3. The van der Waals surface area contributed by atoms with Gasteiger partial charge in [-0.25, -0.2) is 4.98 Å². The highest BCUT2D eigenvalue weighted by Crippen LogP contribution is 2.65. The van der Waals surface area contributed by atoms with Gasteiger partial charge in [-0.3, -0.25) is 8.77 Å². The molecule has 0 radical (unpaired) electrons. The Bertz CT molecular complexity index is 756. The van der Waals surface area contributed by atoms with E-state index in [1.165, 1.54) is 0 Å². The molecular formula is C15H18I2N3O2PS. The van der Waals surface area contributed by atoms with Crippen LogP contribution in [0.3, 0.4) is 0 Å². The maximum Gasteiger partial charge on any atom is 0.172 e. The van der Waals surface area contributed by atoms with Crippen LogP contribution >= 0.6 is 58.1 Å². The predicted octanol–water partition coefficient (Wildman–Crippen LogP) is 5.07. The number of Topliss-reactive ketones (excluding diaryl/α,β-unsaturated/α-hetero) is 1. The van der Waals surface area contributed by atoms with Crippen LogP contribution in [0.2, 0.25) is 0 Å². The van der Waals surface area contributed by atoms with E-state index in [-0.39, 0.29) is 14.1 Å². The lowest BCUT2D eigenvalue weighted by molar-refractivity contribution is 0.0851. The number of fused-ring (bicyclic) bond motifs is 1. The van der Waals surface area contributed by atoms with Gasteiger partial charge in [0.2, 0.25) is 0 Å². The molecule has 1 aliphatic heterocycles. The first-order valence-corrected chi connectivity index (χ1v) is 15.9. The van der Waals surface area contributed by atoms with Gasteiger partial charge in [0.15, 0.2) is 11.4 Å². The zero-order valence-corrected chi connectivity index (χ0v) is 19.4. The maximum atomic E-state index is 13.3. The van der Waals surface area contributed by atoms with Crippen LogP contribution in [0.25, 0.3) is 11.0 Å². The van der Waals surface area contributed by atoms with E-state index in [1.54, 1.807) is 24.9 Å². The number of aromatic nitrogens is 2. The molecule has 1 fully saturated rings. The van der Waals surface area contributed by atoms with Gasteiger partial charge in [-0.2, -0.15) is 0 Å². The summed E-state index contributed by atoms with van der Waals surface area (Å²) in [6.07, 6.45) is 4.70. The minimum Gasteiger partial charge on any atom is -0.494 e. The fourth-order valence-electron chi connectivity index (χ4n) is 3.11. The summed E-state index contributed by atoms with van der Waals surface area (Å²) >= 11 is 6.56. The summed E-state index contributed by atoms with van der Waals surface area (Å²) in [7, 11) is 1.60. The zero-order valence-electron chi connectivity index (χ0n) is 13.3. The van der Waals surface area contributed by atoms with E-state index in [4.69, 9.17) is 4.74 Å². The average molecular weight is 589 g/mol. The molecule has 3 heterocycles. The van der Waals surface area contributed by atoms with Crippen molar-refractivity contribution >= 4 is 74.9 Å². The maximum absolute atomic E-state index is 13.3. The molecule has 0 saturated carbocycles. The van der Waals surface area contributed by atoms with Crippen LogP contribution in [0.15, 0.2) is 18.5 Å². The van der Waals surface area contributed by atoms with Gasteiger partial charge in [0.05, 0.1) is 18.9 Å². The molecule has 2 atom stereocenters. The topological polar surface area (TPSA) is 56.2 Å². The highest BCUT2D eigenvalue weighted by atomic mass is 127. The summed E-state index contributed by atoms with van der Waals surface area (Å²) in [4.78, 5) is 17.8. The van der Waals surface area contributed by atoms with E-state index >= 15 is 0 Å². The number of pyridine rings is 1. The second-order valence-corrected chi connectivity index (χ2v) is 23.6. The summed E-state index contributed by atoms with van der Waals surface area (Å²) in [5.41, 5.74) is 1.51. The minimum absolute atomic E-state index is 0.0134. The number of halogens is 2. The van der Waals surface area contributed by atoms with Crippen molar-refractivity contribution in [1.82, 2.24) is 14.3 Å². The second-order valence-electron chi connectivity index (χ2n) is 5.80. The molecule has 1 saturated heterocycles. The van der Waals surface area contributed by atoms with E-state index in [1.807, 2.05) is 12.3 Å². The molecule has 3 rings (SSSR count). The van der Waals surface area contributed by atoms with Crippen molar-refractivity contribution in [2.45, 2.75) is 13.3 Å². The van der Waals surface area contributed by atoms with Crippen LogP contribution in [-0.4, -0.2) is 34.9 Å². The number of rotatable bonds is 5. The molecule has 0 aromatic carbocycles. The van der Waals surface area contributed by atoms with Crippen LogP contribution in [0.1, 0.15) is 23.7 Å². The predicted molar refractivity (Wildman–Crippen MR) is 119 cm³/mol. The first kappa shape index (κ1) is 19.1. The fourth-order valence-corrected chi connectivity index (χ4v) is 7.79. The molecule has 0 aliphatic carbocycles. The molecule has 24 heavy (non-hydrogen) atoms. The number of carbonyl (C=O) groups excluding carboxylic acids is 1. The third-order valence-electron chi connectivity index (χ3n) is 4.43. The Morgan fingerprint density at radius 3 is 3.00 bits per heavy atom. The number of hydrogen-bond donors (Lipinski definition) is 1. The molecule has 1 aliphatic rings. The molecule has 130 valence electrons. The Morgan fingerprint density at radius 2 is 2.33 bits per heavy atom. The number of piperidine rings is 1. The lowest BCUT2D eigenvalue weighted by Gasteiger charge is -2.28. The van der Waals surface area contributed by atoms with Crippen molar-refractivity contribution in [2.75, 3.05) is 20.2 Å². The van der Waals surface area contributed by atoms with Crippen LogP contribution in [0, 0.1) is 11.8 Å². The number of methoxy groups -OCH3 is 1. The van der Waals surface area contributed by atoms with Crippen molar-refractivity contribution in [3.05, 3.63) is 24.0 Å². The summed E-state index contributed by atoms with van der Waals surface area (Å²) in [5.74, 6) is 1.09. The van der Waals surface area contributed by atoms with Gasteiger partial charge in [0, 0.05) is 35.6 Å². The van der Waals surface area contributed by atoms with Crippen LogP contribution in [-0.2, 0) is 0 Å². The monoisotopic (exact) mass is 589 g/mol. The second kappa shape index (κ2) is 8.37. The van der Waals surface area contributed by atoms with Gasteiger partial charge in [-0.1, -0.05) is 6.92 Å². The van der Waals surface area contributed by atoms with Gasteiger partial charge < -0.3 is 10.1 Å². The zero-order chi connectivity index (χ0) is 17.3. The van der Waals surface area contributed by atoms with Gasteiger partial charge in [0.25, 0.3) is 0 Å². The first-order valence-electron chi connectivity index (χ1n) is 7.62. The lowest BCUT2D eigenvalue weighted by atomic mass is 9.82. The molecule has 0 unspecified atom stereocenters. The third kappa shape index (κ3) is 3.87. The van der Waals surface area contributed by atoms with Gasteiger partial charge in [0.1, 0.15) is 8.16 Å². The largest absolute Gasteiger partial charge is 0.494 e. The van der Waals surface area contributed by atoms with Gasteiger partial charge in [-0.15, -0.1) is 0 Å². The van der Waals surface area contributed by atoms with Crippen molar-refractivity contribution in [2.24, 2.45) is 11.8 Å². The molecule has 0 bridgehead atoms. The number of nitrogens with zero attached hydrogens (tertiary/aromatic N) is 2. The van der Waals surface area contributed by atoms with E-state index in [0.29, 0.717) is 17.2 Å². The molecule has 9 heteroatoms. The van der Waals surface area contributed by atoms with Gasteiger partial charge in [-0.05, 0) is 69.0 Å². The Labute approximate surface area is 172 Å². The van der Waals surface area contributed by atoms with Crippen LogP contribution in [0.5, 0.6) is 5.75 Å². The smallest absolute Gasteiger partial charge is 0.172 e. The molecule has 0 amide bonds. The molecule has 1 N–H and O–H groups in total. The van der Waals surface area contributed by atoms with Gasteiger partial charge >= 0.3 is 0 Å². The summed E-state index contributed by atoms with van der Waals surface area (Å²) < 4.78 is 7.30. The normalized spacial score (nSPS) is 21.4. The average Bonchev–Trinajstić information content (AvgIpc) is 2.96. The number of hydrogen-bond acceptors (Lipinski definition) is 5. The lowest BCUT2D eigenvalue weighted by Crippen LogP contribution is -2.39. The van der Waals surface area contributed by atoms with Crippen molar-refractivity contribution in [3.63, 3.8) is 0 Å².